The number of unbranched alkanes of at least 4 members (excludes halogenated alkanes) is 2. The number of nitrogens with two attached hydrogens (primary N) is 1. The average Bonchev–Trinajstić information content (AvgIpc) is 2.62. The molecular weight excluding hydrogens is 344 g/mol. The third-order valence-corrected chi connectivity index (χ3v) is 4.96. The van der Waals surface area contributed by atoms with Gasteiger partial charge in [-0.2, -0.15) is 0 Å². The molecule has 0 unspecified atom stereocenters. The maximum atomic E-state index is 12.3. The summed E-state index contributed by atoms with van der Waals surface area (Å²) in [7, 11) is 0. The zero-order valence-electron chi connectivity index (χ0n) is 17.5. The second kappa shape index (κ2) is 12.0. The SMILES string of the molecule is CC(C)CC(=O)N1CCN(C(=O)CCCCCNC(=O)[C@@H](N)C(C)C)CC1. The molecule has 3 amide bonds. The van der Waals surface area contributed by atoms with Crippen molar-refractivity contribution in [3.8, 4) is 0 Å². The van der Waals surface area contributed by atoms with Gasteiger partial charge in [-0.05, 0) is 24.7 Å². The quantitative estimate of drug-likeness (QED) is 0.558. The van der Waals surface area contributed by atoms with Crippen LogP contribution in [0.3, 0.4) is 0 Å². The van der Waals surface area contributed by atoms with Crippen molar-refractivity contribution in [1.82, 2.24) is 15.1 Å². The van der Waals surface area contributed by atoms with E-state index in [1.54, 1.807) is 0 Å². The Labute approximate surface area is 164 Å². The van der Waals surface area contributed by atoms with Crippen LogP contribution in [0.25, 0.3) is 0 Å². The molecule has 1 rings (SSSR count). The van der Waals surface area contributed by atoms with Gasteiger partial charge in [-0.25, -0.2) is 0 Å². The predicted octanol–water partition coefficient (Wildman–Crippen LogP) is 1.36. The third-order valence-electron chi connectivity index (χ3n) is 4.96. The van der Waals surface area contributed by atoms with E-state index in [-0.39, 0.29) is 23.6 Å². The van der Waals surface area contributed by atoms with Gasteiger partial charge in [0.05, 0.1) is 6.04 Å². The van der Waals surface area contributed by atoms with Crippen LogP contribution in [0.2, 0.25) is 0 Å². The van der Waals surface area contributed by atoms with Crippen molar-refractivity contribution in [2.75, 3.05) is 32.7 Å². The van der Waals surface area contributed by atoms with Crippen LogP contribution in [0, 0.1) is 11.8 Å². The van der Waals surface area contributed by atoms with E-state index in [4.69, 9.17) is 5.73 Å². The van der Waals surface area contributed by atoms with Gasteiger partial charge in [-0.1, -0.05) is 34.1 Å². The molecule has 0 aromatic carbocycles. The summed E-state index contributed by atoms with van der Waals surface area (Å²) >= 11 is 0. The lowest BCUT2D eigenvalue weighted by Crippen LogP contribution is -2.50. The number of piperazine rings is 1. The fourth-order valence-electron chi connectivity index (χ4n) is 3.05. The molecule has 1 saturated heterocycles. The van der Waals surface area contributed by atoms with E-state index < -0.39 is 6.04 Å². The van der Waals surface area contributed by atoms with Crippen molar-refractivity contribution in [1.29, 1.82) is 0 Å². The summed E-state index contributed by atoms with van der Waals surface area (Å²) in [6, 6.07) is -0.460. The molecule has 0 aromatic rings. The Morgan fingerprint density at radius 2 is 1.44 bits per heavy atom. The zero-order chi connectivity index (χ0) is 20.4. The minimum Gasteiger partial charge on any atom is -0.355 e. The largest absolute Gasteiger partial charge is 0.355 e. The molecule has 7 heteroatoms. The first-order valence-electron chi connectivity index (χ1n) is 10.3. The van der Waals surface area contributed by atoms with Gasteiger partial charge in [-0.15, -0.1) is 0 Å². The molecule has 0 saturated carbocycles. The number of carbonyl (C=O) groups excluding carboxylic acids is 3. The van der Waals surface area contributed by atoms with Crippen LogP contribution in [0.5, 0.6) is 0 Å². The Hall–Kier alpha value is -1.63. The lowest BCUT2D eigenvalue weighted by molar-refractivity contribution is -0.140. The maximum absolute atomic E-state index is 12.3. The summed E-state index contributed by atoms with van der Waals surface area (Å²) < 4.78 is 0. The van der Waals surface area contributed by atoms with Crippen LogP contribution < -0.4 is 11.1 Å². The normalized spacial score (nSPS) is 16.0. The highest BCUT2D eigenvalue weighted by Gasteiger charge is 2.24. The molecule has 0 radical (unpaired) electrons. The zero-order valence-corrected chi connectivity index (χ0v) is 17.5. The van der Waals surface area contributed by atoms with E-state index in [0.717, 1.165) is 19.3 Å². The van der Waals surface area contributed by atoms with E-state index in [9.17, 15) is 14.4 Å². The average molecular weight is 383 g/mol. The molecule has 0 aliphatic carbocycles. The van der Waals surface area contributed by atoms with E-state index in [0.29, 0.717) is 51.5 Å². The number of amides is 3. The molecule has 7 nitrogen and oxygen atoms in total. The van der Waals surface area contributed by atoms with Crippen molar-refractivity contribution in [2.24, 2.45) is 17.6 Å². The van der Waals surface area contributed by atoms with Crippen LogP contribution in [0.1, 0.15) is 59.8 Å². The predicted molar refractivity (Wildman–Crippen MR) is 107 cm³/mol. The van der Waals surface area contributed by atoms with Gasteiger partial charge in [-0.3, -0.25) is 14.4 Å². The first-order chi connectivity index (χ1) is 12.7. The highest BCUT2D eigenvalue weighted by atomic mass is 16.2. The first kappa shape index (κ1) is 23.4. The van der Waals surface area contributed by atoms with Crippen LogP contribution >= 0.6 is 0 Å². The molecule has 1 aliphatic heterocycles. The molecule has 3 N–H and O–H groups in total. The Balaban J connectivity index is 2.13. The topological polar surface area (TPSA) is 95.7 Å². The summed E-state index contributed by atoms with van der Waals surface area (Å²) in [4.78, 5) is 39.8. The standard InChI is InChI=1S/C20H38N4O3/c1-15(2)14-18(26)24-12-10-23(11-13-24)17(25)8-6-5-7-9-22-20(27)19(21)16(3)4/h15-16,19H,5-14,21H2,1-4H3,(H,22,27)/t19-/m0/s1. The van der Waals surface area contributed by atoms with Crippen molar-refractivity contribution >= 4 is 17.7 Å². The first-order valence-corrected chi connectivity index (χ1v) is 10.3. The molecule has 0 aromatic heterocycles. The van der Waals surface area contributed by atoms with Gasteiger partial charge in [0, 0.05) is 45.6 Å². The number of carbonyl (C=O) groups is 3. The highest BCUT2D eigenvalue weighted by molar-refractivity contribution is 5.81. The van der Waals surface area contributed by atoms with Gasteiger partial charge in [0.2, 0.25) is 17.7 Å². The molecule has 1 aliphatic rings. The number of hydrogen-bond acceptors (Lipinski definition) is 4. The lowest BCUT2D eigenvalue weighted by atomic mass is 10.1. The second-order valence-electron chi connectivity index (χ2n) is 8.23. The van der Waals surface area contributed by atoms with Gasteiger partial charge >= 0.3 is 0 Å². The van der Waals surface area contributed by atoms with E-state index in [2.05, 4.69) is 5.32 Å². The Morgan fingerprint density at radius 3 is 1.96 bits per heavy atom. The van der Waals surface area contributed by atoms with Gasteiger partial charge < -0.3 is 20.9 Å². The van der Waals surface area contributed by atoms with Crippen molar-refractivity contribution in [3.05, 3.63) is 0 Å². The summed E-state index contributed by atoms with van der Waals surface area (Å²) in [6.07, 6.45) is 3.67. The number of nitrogens with zero attached hydrogens (tertiary/aromatic N) is 2. The molecule has 156 valence electrons. The molecule has 0 spiro atoms. The van der Waals surface area contributed by atoms with Crippen LogP contribution in [-0.4, -0.2) is 66.3 Å². The van der Waals surface area contributed by atoms with Gasteiger partial charge in [0.1, 0.15) is 0 Å². The van der Waals surface area contributed by atoms with E-state index in [1.807, 2.05) is 37.5 Å². The molecule has 27 heavy (non-hydrogen) atoms. The van der Waals surface area contributed by atoms with E-state index in [1.165, 1.54) is 0 Å². The smallest absolute Gasteiger partial charge is 0.237 e. The van der Waals surface area contributed by atoms with Crippen molar-refractivity contribution in [2.45, 2.75) is 65.8 Å². The Bertz CT molecular complexity index is 486. The highest BCUT2D eigenvalue weighted by Crippen LogP contribution is 2.10. The Kier molecular flexibility index (Phi) is 10.4. The molecular formula is C20H38N4O3. The van der Waals surface area contributed by atoms with Crippen molar-refractivity contribution in [3.63, 3.8) is 0 Å². The Morgan fingerprint density at radius 1 is 0.889 bits per heavy atom. The fourth-order valence-corrected chi connectivity index (χ4v) is 3.05. The minimum atomic E-state index is -0.460. The summed E-state index contributed by atoms with van der Waals surface area (Å²) in [5.74, 6) is 0.742. The molecule has 1 atom stereocenters. The number of hydrogen-bond donors (Lipinski definition) is 2. The molecule has 1 heterocycles. The monoisotopic (exact) mass is 382 g/mol. The van der Waals surface area contributed by atoms with Crippen molar-refractivity contribution < 1.29 is 14.4 Å². The summed E-state index contributed by atoms with van der Waals surface area (Å²) in [6.45, 7) is 11.1. The second-order valence-corrected chi connectivity index (χ2v) is 8.23. The number of nitrogens with one attached hydrogen (secondary N) is 1. The summed E-state index contributed by atoms with van der Waals surface area (Å²) in [5, 5.41) is 2.85. The minimum absolute atomic E-state index is 0.106. The lowest BCUT2D eigenvalue weighted by Gasteiger charge is -2.35. The number of rotatable bonds is 10. The molecule has 1 fully saturated rings. The summed E-state index contributed by atoms with van der Waals surface area (Å²) in [5.41, 5.74) is 5.79. The van der Waals surface area contributed by atoms with Crippen LogP contribution in [0.15, 0.2) is 0 Å². The third kappa shape index (κ3) is 8.73. The maximum Gasteiger partial charge on any atom is 0.237 e. The van der Waals surface area contributed by atoms with Gasteiger partial charge in [0.25, 0.3) is 0 Å². The van der Waals surface area contributed by atoms with Crippen LogP contribution in [0.4, 0.5) is 0 Å². The fraction of sp³-hybridized carbons (Fsp3) is 0.850. The van der Waals surface area contributed by atoms with E-state index >= 15 is 0 Å². The molecule has 0 bridgehead atoms. The van der Waals surface area contributed by atoms with Gasteiger partial charge in [0.15, 0.2) is 0 Å². The van der Waals surface area contributed by atoms with Crippen LogP contribution in [-0.2, 0) is 14.4 Å².